The van der Waals surface area contributed by atoms with Crippen LogP contribution >= 0.6 is 15.9 Å². The summed E-state index contributed by atoms with van der Waals surface area (Å²) in [5.41, 5.74) is 3.02. The van der Waals surface area contributed by atoms with Crippen LogP contribution in [-0.2, 0) is 11.2 Å². The van der Waals surface area contributed by atoms with E-state index in [1.807, 2.05) is 36.4 Å². The Labute approximate surface area is 126 Å². The van der Waals surface area contributed by atoms with E-state index in [0.29, 0.717) is 6.42 Å². The van der Waals surface area contributed by atoms with E-state index in [4.69, 9.17) is 0 Å². The molecule has 0 spiro atoms. The van der Waals surface area contributed by atoms with Crippen LogP contribution in [0.25, 0.3) is 0 Å². The number of hydrogen-bond acceptors (Lipinski definition) is 3. The molecule has 1 atom stereocenters. The molecule has 102 valence electrons. The van der Waals surface area contributed by atoms with Gasteiger partial charge in [-0.1, -0.05) is 18.2 Å². The number of nitrogens with zero attached hydrogens (tertiary/aromatic N) is 1. The second-order valence-electron chi connectivity index (χ2n) is 4.97. The lowest BCUT2D eigenvalue weighted by Gasteiger charge is -2.25. The van der Waals surface area contributed by atoms with Crippen molar-refractivity contribution in [3.05, 3.63) is 58.3 Å². The molecular weight excluding hydrogens is 316 g/mol. The first-order valence-corrected chi connectivity index (χ1v) is 7.49. The van der Waals surface area contributed by atoms with Gasteiger partial charge in [0.25, 0.3) is 0 Å². The van der Waals surface area contributed by atoms with Gasteiger partial charge in [-0.15, -0.1) is 0 Å². The van der Waals surface area contributed by atoms with Gasteiger partial charge in [0.15, 0.2) is 0 Å². The van der Waals surface area contributed by atoms with Crippen LogP contribution in [0.15, 0.2) is 47.1 Å². The van der Waals surface area contributed by atoms with E-state index in [-0.39, 0.29) is 11.7 Å². The molecule has 0 saturated carbocycles. The number of carbonyl (C=O) groups excluding carboxylic acids is 1. The fourth-order valence-electron chi connectivity index (χ4n) is 2.62. The van der Waals surface area contributed by atoms with Crippen LogP contribution < -0.4 is 5.32 Å². The highest BCUT2D eigenvalue weighted by Crippen LogP contribution is 2.32. The average molecular weight is 331 g/mol. The Hall–Kier alpha value is -1.68. The number of pyridine rings is 1. The number of anilines is 1. The molecular formula is C16H15BrN2O. The lowest BCUT2D eigenvalue weighted by molar-refractivity contribution is -0.120. The monoisotopic (exact) mass is 330 g/mol. The Morgan fingerprint density at radius 3 is 2.95 bits per heavy atom. The number of carbonyl (C=O) groups is 1. The summed E-state index contributed by atoms with van der Waals surface area (Å²) < 4.78 is 0.931. The molecule has 2 heterocycles. The summed E-state index contributed by atoms with van der Waals surface area (Å²) in [6.07, 6.45) is 2.98. The average Bonchev–Trinajstić information content (AvgIpc) is 2.49. The van der Waals surface area contributed by atoms with E-state index in [9.17, 15) is 4.79 Å². The first kappa shape index (κ1) is 13.3. The minimum absolute atomic E-state index is 0.0158. The zero-order chi connectivity index (χ0) is 13.9. The maximum absolute atomic E-state index is 12.5. The van der Waals surface area contributed by atoms with Crippen molar-refractivity contribution in [3.63, 3.8) is 0 Å². The third-order valence-electron chi connectivity index (χ3n) is 3.62. The molecule has 1 aliphatic rings. The van der Waals surface area contributed by atoms with Gasteiger partial charge in [0.1, 0.15) is 5.78 Å². The largest absolute Gasteiger partial charge is 0.385 e. The van der Waals surface area contributed by atoms with Crippen molar-refractivity contribution in [3.8, 4) is 0 Å². The summed E-state index contributed by atoms with van der Waals surface area (Å²) in [5, 5.41) is 3.34. The van der Waals surface area contributed by atoms with Gasteiger partial charge in [-0.3, -0.25) is 9.78 Å². The standard InChI is InChI=1S/C16H15BrN2O/c17-11-5-6-12(19-10-11)9-16(20)14-7-8-18-15-4-2-1-3-13(14)15/h1-6,10,14,18H,7-9H2. The number of nitrogens with one attached hydrogen (secondary N) is 1. The highest BCUT2D eigenvalue weighted by atomic mass is 79.9. The molecule has 0 fully saturated rings. The Balaban J connectivity index is 1.80. The molecule has 1 N–H and O–H groups in total. The number of ketones is 1. The fourth-order valence-corrected chi connectivity index (χ4v) is 2.85. The van der Waals surface area contributed by atoms with Crippen molar-refractivity contribution < 1.29 is 4.79 Å². The minimum Gasteiger partial charge on any atom is -0.385 e. The lowest BCUT2D eigenvalue weighted by Crippen LogP contribution is -2.24. The summed E-state index contributed by atoms with van der Waals surface area (Å²) in [4.78, 5) is 16.8. The van der Waals surface area contributed by atoms with Gasteiger partial charge < -0.3 is 5.32 Å². The summed E-state index contributed by atoms with van der Waals surface area (Å²) in [6, 6.07) is 11.9. The van der Waals surface area contributed by atoms with E-state index in [2.05, 4.69) is 26.2 Å². The Bertz CT molecular complexity index is 625. The number of para-hydroxylation sites is 1. The molecule has 3 rings (SSSR count). The highest BCUT2D eigenvalue weighted by Gasteiger charge is 2.26. The molecule has 1 unspecified atom stereocenters. The first-order valence-electron chi connectivity index (χ1n) is 6.70. The number of fused-ring (bicyclic) bond motifs is 1. The Morgan fingerprint density at radius 1 is 1.30 bits per heavy atom. The number of hydrogen-bond donors (Lipinski definition) is 1. The van der Waals surface area contributed by atoms with Crippen molar-refractivity contribution >= 4 is 27.4 Å². The molecule has 1 aromatic carbocycles. The summed E-state index contributed by atoms with van der Waals surface area (Å²) in [5.74, 6) is 0.228. The fraction of sp³-hybridized carbons (Fsp3) is 0.250. The van der Waals surface area contributed by atoms with E-state index < -0.39 is 0 Å². The summed E-state index contributed by atoms with van der Waals surface area (Å²) >= 11 is 3.35. The van der Waals surface area contributed by atoms with Gasteiger partial charge in [-0.2, -0.15) is 0 Å². The van der Waals surface area contributed by atoms with Crippen LogP contribution in [-0.4, -0.2) is 17.3 Å². The predicted octanol–water partition coefficient (Wildman–Crippen LogP) is 3.56. The molecule has 0 saturated heterocycles. The molecule has 0 radical (unpaired) electrons. The van der Waals surface area contributed by atoms with Gasteiger partial charge in [-0.05, 0) is 46.1 Å². The Kier molecular flexibility index (Phi) is 3.83. The summed E-state index contributed by atoms with van der Waals surface area (Å²) in [7, 11) is 0. The predicted molar refractivity (Wildman–Crippen MR) is 82.9 cm³/mol. The van der Waals surface area contributed by atoms with Crippen LogP contribution in [0.4, 0.5) is 5.69 Å². The molecule has 20 heavy (non-hydrogen) atoms. The lowest BCUT2D eigenvalue weighted by atomic mass is 9.86. The zero-order valence-corrected chi connectivity index (χ0v) is 12.6. The minimum atomic E-state index is -0.0158. The molecule has 3 nitrogen and oxygen atoms in total. The molecule has 1 aliphatic heterocycles. The van der Waals surface area contributed by atoms with Crippen LogP contribution in [0.3, 0.4) is 0 Å². The number of halogens is 1. The molecule has 1 aromatic heterocycles. The van der Waals surface area contributed by atoms with Crippen LogP contribution in [0.5, 0.6) is 0 Å². The highest BCUT2D eigenvalue weighted by molar-refractivity contribution is 9.10. The first-order chi connectivity index (χ1) is 9.74. The van der Waals surface area contributed by atoms with Gasteiger partial charge >= 0.3 is 0 Å². The van der Waals surface area contributed by atoms with Crippen LogP contribution in [0.2, 0.25) is 0 Å². The van der Waals surface area contributed by atoms with Crippen molar-refractivity contribution in [2.24, 2.45) is 0 Å². The van der Waals surface area contributed by atoms with Crippen molar-refractivity contribution in [2.75, 3.05) is 11.9 Å². The molecule has 0 bridgehead atoms. The van der Waals surface area contributed by atoms with Gasteiger partial charge in [0.2, 0.25) is 0 Å². The third-order valence-corrected chi connectivity index (χ3v) is 4.09. The number of benzene rings is 1. The Morgan fingerprint density at radius 2 is 2.15 bits per heavy atom. The number of rotatable bonds is 3. The van der Waals surface area contributed by atoms with Crippen LogP contribution in [0.1, 0.15) is 23.6 Å². The van der Waals surface area contributed by atoms with E-state index in [1.165, 1.54) is 0 Å². The molecule has 4 heteroatoms. The molecule has 0 aliphatic carbocycles. The molecule has 0 amide bonds. The summed E-state index contributed by atoms with van der Waals surface area (Å²) in [6.45, 7) is 0.848. The van der Waals surface area contributed by atoms with Crippen molar-refractivity contribution in [1.29, 1.82) is 0 Å². The van der Waals surface area contributed by atoms with Crippen molar-refractivity contribution in [1.82, 2.24) is 4.98 Å². The SMILES string of the molecule is O=C(Cc1ccc(Br)cn1)C1CCNc2ccccc21. The van der Waals surface area contributed by atoms with E-state index in [1.54, 1.807) is 6.20 Å². The van der Waals surface area contributed by atoms with Crippen LogP contribution in [0, 0.1) is 0 Å². The molecule has 2 aromatic rings. The maximum atomic E-state index is 12.5. The van der Waals surface area contributed by atoms with Crippen molar-refractivity contribution in [2.45, 2.75) is 18.8 Å². The van der Waals surface area contributed by atoms with E-state index >= 15 is 0 Å². The smallest absolute Gasteiger partial charge is 0.146 e. The van der Waals surface area contributed by atoms with Gasteiger partial charge in [0, 0.05) is 40.9 Å². The topological polar surface area (TPSA) is 42.0 Å². The maximum Gasteiger partial charge on any atom is 0.146 e. The number of aromatic nitrogens is 1. The second-order valence-corrected chi connectivity index (χ2v) is 5.88. The normalized spacial score (nSPS) is 17.1. The third kappa shape index (κ3) is 2.75. The van der Waals surface area contributed by atoms with E-state index in [0.717, 1.165) is 34.4 Å². The quantitative estimate of drug-likeness (QED) is 0.935. The number of Topliss-reactive ketones (excluding diaryl/α,β-unsaturated/α-hetero) is 1. The zero-order valence-electron chi connectivity index (χ0n) is 11.0. The van der Waals surface area contributed by atoms with Gasteiger partial charge in [-0.25, -0.2) is 0 Å². The van der Waals surface area contributed by atoms with Gasteiger partial charge in [0.05, 0.1) is 0 Å². The second kappa shape index (κ2) is 5.75.